The molecule has 3 heteroatoms. The van der Waals surface area contributed by atoms with Crippen LogP contribution in [0.4, 0.5) is 0 Å². The number of allylic oxidation sites excluding steroid dienone is 4. The van der Waals surface area contributed by atoms with Crippen molar-refractivity contribution in [2.45, 2.75) is 13.8 Å². The molecule has 0 N–H and O–H groups in total. The third-order valence-corrected chi connectivity index (χ3v) is 4.58. The lowest BCUT2D eigenvalue weighted by molar-refractivity contribution is 0.0989. The third-order valence-electron chi connectivity index (χ3n) is 4.58. The van der Waals surface area contributed by atoms with Crippen LogP contribution in [0.25, 0.3) is 5.57 Å². The Morgan fingerprint density at radius 1 is 0.640 bits per heavy atom. The zero-order valence-corrected chi connectivity index (χ0v) is 14.0. The van der Waals surface area contributed by atoms with Gasteiger partial charge in [-0.2, -0.15) is 0 Å². The van der Waals surface area contributed by atoms with E-state index in [9.17, 15) is 14.4 Å². The van der Waals surface area contributed by atoms with Crippen LogP contribution < -0.4 is 0 Å². The van der Waals surface area contributed by atoms with E-state index < -0.39 is 0 Å². The van der Waals surface area contributed by atoms with Crippen LogP contribution >= 0.6 is 0 Å². The molecular weight excluding hydrogens is 312 g/mol. The molecule has 2 aromatic carbocycles. The molecule has 0 radical (unpaired) electrons. The molecule has 0 atom stereocenters. The maximum Gasteiger partial charge on any atom is 0.198 e. The molecule has 0 unspecified atom stereocenters. The Morgan fingerprint density at radius 2 is 1.08 bits per heavy atom. The molecule has 0 fully saturated rings. The van der Waals surface area contributed by atoms with Crippen LogP contribution in [0.1, 0.15) is 50.5 Å². The Labute approximate surface area is 145 Å². The van der Waals surface area contributed by atoms with Gasteiger partial charge >= 0.3 is 0 Å². The van der Waals surface area contributed by atoms with E-state index in [1.807, 2.05) is 26.0 Å². The maximum absolute atomic E-state index is 12.9. The fraction of sp³-hybridized carbons (Fsp3) is 0.136. The van der Waals surface area contributed by atoms with Gasteiger partial charge in [-0.15, -0.1) is 0 Å². The molecule has 0 aliphatic heterocycles. The Balaban J connectivity index is 2.06. The highest BCUT2D eigenvalue weighted by atomic mass is 16.2. The number of Topliss-reactive ketones (excluding diaryl/α,β-unsaturated/α-hetero) is 3. The van der Waals surface area contributed by atoms with Crippen molar-refractivity contribution < 1.29 is 14.4 Å². The lowest BCUT2D eigenvalue weighted by Gasteiger charge is -2.07. The highest BCUT2D eigenvalue weighted by Gasteiger charge is 2.40. The van der Waals surface area contributed by atoms with Crippen LogP contribution in [0, 0.1) is 5.92 Å². The highest BCUT2D eigenvalue weighted by Crippen LogP contribution is 2.43. The summed E-state index contributed by atoms with van der Waals surface area (Å²) < 4.78 is 0. The summed E-state index contributed by atoms with van der Waals surface area (Å²) in [5.41, 5.74) is 3.11. The van der Waals surface area contributed by atoms with Crippen molar-refractivity contribution >= 4 is 22.9 Å². The number of carbonyl (C=O) groups is 3. The van der Waals surface area contributed by atoms with Gasteiger partial charge in [-0.3, -0.25) is 14.4 Å². The minimum absolute atomic E-state index is 0.117. The van der Waals surface area contributed by atoms with Gasteiger partial charge in [-0.25, -0.2) is 0 Å². The summed E-state index contributed by atoms with van der Waals surface area (Å²) in [6, 6.07) is 14.0. The summed E-state index contributed by atoms with van der Waals surface area (Å²) in [6.07, 6.45) is 1.84. The van der Waals surface area contributed by atoms with E-state index in [1.54, 1.807) is 42.5 Å². The van der Waals surface area contributed by atoms with Gasteiger partial charge in [0.2, 0.25) is 0 Å². The Kier molecular flexibility index (Phi) is 3.39. The normalized spacial score (nSPS) is 17.7. The lowest BCUT2D eigenvalue weighted by atomic mass is 9.94. The van der Waals surface area contributed by atoms with Crippen molar-refractivity contribution in [3.8, 4) is 0 Å². The maximum atomic E-state index is 12.9. The summed E-state index contributed by atoms with van der Waals surface area (Å²) in [5, 5.41) is 0. The average molecular weight is 328 g/mol. The molecular formula is C22H16O3. The van der Waals surface area contributed by atoms with Crippen molar-refractivity contribution in [1.29, 1.82) is 0 Å². The van der Waals surface area contributed by atoms with Crippen molar-refractivity contribution in [1.82, 2.24) is 0 Å². The fourth-order valence-corrected chi connectivity index (χ4v) is 3.54. The first-order chi connectivity index (χ1) is 12.0. The van der Waals surface area contributed by atoms with Crippen LogP contribution in [0.2, 0.25) is 0 Å². The van der Waals surface area contributed by atoms with Crippen LogP contribution in [0.15, 0.2) is 65.8 Å². The van der Waals surface area contributed by atoms with E-state index in [4.69, 9.17) is 0 Å². The van der Waals surface area contributed by atoms with E-state index in [2.05, 4.69) is 0 Å². The summed E-state index contributed by atoms with van der Waals surface area (Å²) in [7, 11) is 0. The van der Waals surface area contributed by atoms with Gasteiger partial charge in [0.1, 0.15) is 0 Å². The molecule has 25 heavy (non-hydrogen) atoms. The molecule has 0 bridgehead atoms. The highest BCUT2D eigenvalue weighted by molar-refractivity contribution is 6.45. The SMILES string of the molecule is CC(C)/C=C1\C(=O)c2ccccc2C1=C1C(=O)c2ccccc2C1=O. The minimum Gasteiger partial charge on any atom is -0.289 e. The van der Waals surface area contributed by atoms with E-state index in [-0.39, 0.29) is 28.8 Å². The molecule has 0 saturated carbocycles. The van der Waals surface area contributed by atoms with Crippen molar-refractivity contribution in [3.63, 3.8) is 0 Å². The summed E-state index contributed by atoms with van der Waals surface area (Å²) in [4.78, 5) is 38.7. The summed E-state index contributed by atoms with van der Waals surface area (Å²) >= 11 is 0. The molecule has 0 spiro atoms. The Morgan fingerprint density at radius 3 is 1.56 bits per heavy atom. The number of benzene rings is 2. The van der Waals surface area contributed by atoms with Gasteiger partial charge in [-0.1, -0.05) is 68.5 Å². The van der Waals surface area contributed by atoms with Crippen LogP contribution in [0.3, 0.4) is 0 Å². The van der Waals surface area contributed by atoms with Gasteiger partial charge in [0.25, 0.3) is 0 Å². The number of carbonyl (C=O) groups excluding carboxylic acids is 3. The Hall–Kier alpha value is -3.07. The molecule has 3 nitrogen and oxygen atoms in total. The molecule has 0 saturated heterocycles. The summed E-state index contributed by atoms with van der Waals surface area (Å²) in [6.45, 7) is 3.94. The van der Waals surface area contributed by atoms with E-state index >= 15 is 0 Å². The first-order valence-corrected chi connectivity index (χ1v) is 8.29. The topological polar surface area (TPSA) is 51.2 Å². The van der Waals surface area contributed by atoms with E-state index in [0.717, 1.165) is 0 Å². The molecule has 2 aliphatic carbocycles. The molecule has 0 heterocycles. The molecule has 2 aromatic rings. The van der Waals surface area contributed by atoms with Crippen LogP contribution in [-0.4, -0.2) is 17.3 Å². The fourth-order valence-electron chi connectivity index (χ4n) is 3.54. The standard InChI is InChI=1S/C22H16O3/c1-12(2)11-17-18(13-7-3-4-8-14(13)20(17)23)19-21(24)15-9-5-6-10-16(15)22(19)25/h3-12H,1-2H3/b17-11-. The zero-order chi connectivity index (χ0) is 17.7. The predicted molar refractivity (Wildman–Crippen MR) is 95.7 cm³/mol. The second kappa shape index (κ2) is 5.49. The molecule has 2 aliphatic rings. The van der Waals surface area contributed by atoms with Gasteiger partial charge in [0.05, 0.1) is 5.57 Å². The Bertz CT molecular complexity index is 982. The van der Waals surface area contributed by atoms with Gasteiger partial charge < -0.3 is 0 Å². The van der Waals surface area contributed by atoms with Gasteiger partial charge in [-0.05, 0) is 11.5 Å². The first kappa shape index (κ1) is 15.5. The second-order valence-corrected chi connectivity index (χ2v) is 6.65. The lowest BCUT2D eigenvalue weighted by Crippen LogP contribution is -2.06. The van der Waals surface area contributed by atoms with Crippen molar-refractivity contribution in [3.05, 3.63) is 88.0 Å². The number of hydrogen-bond donors (Lipinski definition) is 0. The zero-order valence-electron chi connectivity index (χ0n) is 14.0. The number of rotatable bonds is 1. The predicted octanol–water partition coefficient (Wildman–Crippen LogP) is 4.30. The third kappa shape index (κ3) is 2.16. The smallest absolute Gasteiger partial charge is 0.198 e. The van der Waals surface area contributed by atoms with Crippen molar-refractivity contribution in [2.24, 2.45) is 5.92 Å². The van der Waals surface area contributed by atoms with Crippen LogP contribution in [0.5, 0.6) is 0 Å². The van der Waals surface area contributed by atoms with Gasteiger partial charge in [0.15, 0.2) is 17.3 Å². The minimum atomic E-state index is -0.297. The van der Waals surface area contributed by atoms with Gasteiger partial charge in [0, 0.05) is 27.8 Å². The van der Waals surface area contributed by atoms with Crippen molar-refractivity contribution in [2.75, 3.05) is 0 Å². The van der Waals surface area contributed by atoms with Crippen LogP contribution in [-0.2, 0) is 0 Å². The molecule has 122 valence electrons. The average Bonchev–Trinajstić information content (AvgIpc) is 3.01. The largest absolute Gasteiger partial charge is 0.289 e. The first-order valence-electron chi connectivity index (χ1n) is 8.29. The van der Waals surface area contributed by atoms with E-state index in [1.165, 1.54) is 0 Å². The summed E-state index contributed by atoms with van der Waals surface area (Å²) in [5.74, 6) is -0.592. The second-order valence-electron chi connectivity index (χ2n) is 6.65. The molecule has 0 amide bonds. The number of ketones is 3. The molecule has 0 aromatic heterocycles. The quantitative estimate of drug-likeness (QED) is 0.579. The number of fused-ring (bicyclic) bond motifs is 2. The van der Waals surface area contributed by atoms with E-state index in [0.29, 0.717) is 33.4 Å². The number of hydrogen-bond acceptors (Lipinski definition) is 3. The monoisotopic (exact) mass is 328 g/mol. The molecule has 4 rings (SSSR count).